The third-order valence-corrected chi connectivity index (χ3v) is 5.05. The van der Waals surface area contributed by atoms with Crippen molar-refractivity contribution < 1.29 is 9.59 Å². The van der Waals surface area contributed by atoms with Crippen LogP contribution in [0.5, 0.6) is 0 Å². The highest BCUT2D eigenvalue weighted by atomic mass is 16.2. The summed E-state index contributed by atoms with van der Waals surface area (Å²) in [7, 11) is 0. The van der Waals surface area contributed by atoms with Gasteiger partial charge in [-0.25, -0.2) is 0 Å². The molecule has 4 nitrogen and oxygen atoms in total. The first kappa shape index (κ1) is 21.7. The molecular formula is C24H32N2O2. The first-order chi connectivity index (χ1) is 13.4. The van der Waals surface area contributed by atoms with Gasteiger partial charge in [-0.3, -0.25) is 9.59 Å². The standard InChI is InChI=1S/C24H32N2O2/c1-5-20-11-13-21(14-12-20)15-16-23(27)26(19(4)24(28)25-6-2)17-22-9-7-18(3)8-10-22/h7-14,19H,5-6,15-17H2,1-4H3,(H,25,28)/t19-/m1/s1. The van der Waals surface area contributed by atoms with Crippen molar-refractivity contribution in [3.05, 3.63) is 70.8 Å². The van der Waals surface area contributed by atoms with E-state index >= 15 is 0 Å². The van der Waals surface area contributed by atoms with Crippen LogP contribution in [0.15, 0.2) is 48.5 Å². The van der Waals surface area contributed by atoms with E-state index in [1.165, 1.54) is 11.1 Å². The fourth-order valence-corrected chi connectivity index (χ4v) is 3.13. The highest BCUT2D eigenvalue weighted by Gasteiger charge is 2.25. The maximum absolute atomic E-state index is 13.0. The number of benzene rings is 2. The second-order valence-electron chi connectivity index (χ2n) is 7.25. The zero-order valence-corrected chi connectivity index (χ0v) is 17.5. The van der Waals surface area contributed by atoms with E-state index in [2.05, 4.69) is 36.5 Å². The van der Waals surface area contributed by atoms with Crippen LogP contribution in [0.4, 0.5) is 0 Å². The minimum atomic E-state index is -0.503. The number of aryl methyl sites for hydroxylation is 3. The topological polar surface area (TPSA) is 49.4 Å². The minimum Gasteiger partial charge on any atom is -0.355 e. The van der Waals surface area contributed by atoms with E-state index in [0.717, 1.165) is 17.5 Å². The van der Waals surface area contributed by atoms with Gasteiger partial charge in [-0.05, 0) is 50.3 Å². The Kier molecular flexibility index (Phi) is 8.24. The molecule has 1 N–H and O–H groups in total. The molecule has 0 spiro atoms. The van der Waals surface area contributed by atoms with Gasteiger partial charge in [-0.15, -0.1) is 0 Å². The van der Waals surface area contributed by atoms with Crippen LogP contribution in [0.25, 0.3) is 0 Å². The van der Waals surface area contributed by atoms with Crippen LogP contribution >= 0.6 is 0 Å². The molecular weight excluding hydrogens is 348 g/mol. The summed E-state index contributed by atoms with van der Waals surface area (Å²) in [6.07, 6.45) is 2.07. The number of rotatable bonds is 9. The lowest BCUT2D eigenvalue weighted by Gasteiger charge is -2.29. The molecule has 0 saturated heterocycles. The smallest absolute Gasteiger partial charge is 0.242 e. The van der Waals surface area contributed by atoms with Gasteiger partial charge in [-0.1, -0.05) is 61.0 Å². The van der Waals surface area contributed by atoms with Gasteiger partial charge in [0.05, 0.1) is 0 Å². The molecule has 0 aromatic heterocycles. The van der Waals surface area contributed by atoms with Crippen molar-refractivity contribution in [3.63, 3.8) is 0 Å². The third-order valence-electron chi connectivity index (χ3n) is 5.05. The zero-order chi connectivity index (χ0) is 20.5. The van der Waals surface area contributed by atoms with Crippen molar-refractivity contribution in [2.45, 2.75) is 59.5 Å². The quantitative estimate of drug-likeness (QED) is 0.714. The summed E-state index contributed by atoms with van der Waals surface area (Å²) in [5.74, 6) is -0.117. The van der Waals surface area contributed by atoms with Crippen LogP contribution in [-0.4, -0.2) is 29.3 Å². The van der Waals surface area contributed by atoms with E-state index in [9.17, 15) is 9.59 Å². The molecule has 0 aliphatic carbocycles. The van der Waals surface area contributed by atoms with Gasteiger partial charge in [0.2, 0.25) is 11.8 Å². The Morgan fingerprint density at radius 3 is 2.07 bits per heavy atom. The molecule has 0 unspecified atom stereocenters. The molecule has 0 heterocycles. The number of nitrogens with zero attached hydrogens (tertiary/aromatic N) is 1. The number of hydrogen-bond acceptors (Lipinski definition) is 2. The predicted molar refractivity (Wildman–Crippen MR) is 114 cm³/mol. The van der Waals surface area contributed by atoms with Crippen LogP contribution in [0.3, 0.4) is 0 Å². The highest BCUT2D eigenvalue weighted by Crippen LogP contribution is 2.14. The van der Waals surface area contributed by atoms with Gasteiger partial charge < -0.3 is 10.2 Å². The normalized spacial score (nSPS) is 11.7. The molecule has 0 radical (unpaired) electrons. The molecule has 0 bridgehead atoms. The van der Waals surface area contributed by atoms with E-state index in [4.69, 9.17) is 0 Å². The molecule has 2 aromatic carbocycles. The Hall–Kier alpha value is -2.62. The van der Waals surface area contributed by atoms with Crippen molar-refractivity contribution in [1.82, 2.24) is 10.2 Å². The Morgan fingerprint density at radius 2 is 1.50 bits per heavy atom. The monoisotopic (exact) mass is 380 g/mol. The Bertz CT molecular complexity index is 766. The summed E-state index contributed by atoms with van der Waals surface area (Å²) in [5, 5.41) is 2.83. The van der Waals surface area contributed by atoms with Gasteiger partial charge in [-0.2, -0.15) is 0 Å². The summed E-state index contributed by atoms with van der Waals surface area (Å²) in [4.78, 5) is 27.1. The van der Waals surface area contributed by atoms with Gasteiger partial charge in [0, 0.05) is 19.5 Å². The Morgan fingerprint density at radius 1 is 0.929 bits per heavy atom. The summed E-state index contributed by atoms with van der Waals surface area (Å²) in [5.41, 5.74) is 4.64. The Balaban J connectivity index is 2.10. The van der Waals surface area contributed by atoms with Crippen molar-refractivity contribution in [2.75, 3.05) is 6.54 Å². The predicted octanol–water partition coefficient (Wildman–Crippen LogP) is 4.04. The second kappa shape index (κ2) is 10.6. The molecule has 0 aliphatic heterocycles. The summed E-state index contributed by atoms with van der Waals surface area (Å²) >= 11 is 0. The summed E-state index contributed by atoms with van der Waals surface area (Å²) < 4.78 is 0. The third kappa shape index (κ3) is 6.22. The maximum Gasteiger partial charge on any atom is 0.242 e. The van der Waals surface area contributed by atoms with E-state index in [1.807, 2.05) is 38.1 Å². The first-order valence-electron chi connectivity index (χ1n) is 10.1. The molecule has 4 heteroatoms. The minimum absolute atomic E-state index is 0.00102. The largest absolute Gasteiger partial charge is 0.355 e. The lowest BCUT2D eigenvalue weighted by molar-refractivity contribution is -0.140. The average Bonchev–Trinajstić information content (AvgIpc) is 2.71. The SMILES string of the molecule is CCNC(=O)[C@@H](C)N(Cc1ccc(C)cc1)C(=O)CCc1ccc(CC)cc1. The van der Waals surface area contributed by atoms with Crippen LogP contribution in [-0.2, 0) is 29.0 Å². The van der Waals surface area contributed by atoms with Gasteiger partial charge >= 0.3 is 0 Å². The van der Waals surface area contributed by atoms with E-state index < -0.39 is 6.04 Å². The summed E-state index contributed by atoms with van der Waals surface area (Å²) in [6.45, 7) is 8.84. The molecule has 1 atom stereocenters. The molecule has 2 amide bonds. The lowest BCUT2D eigenvalue weighted by atomic mass is 10.0. The molecule has 2 aromatic rings. The van der Waals surface area contributed by atoms with E-state index in [0.29, 0.717) is 25.9 Å². The van der Waals surface area contributed by atoms with Crippen LogP contribution in [0.1, 0.15) is 49.4 Å². The van der Waals surface area contributed by atoms with Gasteiger partial charge in [0.1, 0.15) is 6.04 Å². The van der Waals surface area contributed by atoms with Crippen LogP contribution in [0.2, 0.25) is 0 Å². The number of carbonyl (C=O) groups excluding carboxylic acids is 2. The van der Waals surface area contributed by atoms with Gasteiger partial charge in [0.15, 0.2) is 0 Å². The molecule has 0 saturated carbocycles. The molecule has 0 fully saturated rings. The Labute approximate surface area is 169 Å². The van der Waals surface area contributed by atoms with Crippen molar-refractivity contribution >= 4 is 11.8 Å². The number of carbonyl (C=O) groups is 2. The highest BCUT2D eigenvalue weighted by molar-refractivity contribution is 5.87. The lowest BCUT2D eigenvalue weighted by Crippen LogP contribution is -2.47. The summed E-state index contributed by atoms with van der Waals surface area (Å²) in [6, 6.07) is 16.0. The molecule has 28 heavy (non-hydrogen) atoms. The maximum atomic E-state index is 13.0. The fourth-order valence-electron chi connectivity index (χ4n) is 3.13. The zero-order valence-electron chi connectivity index (χ0n) is 17.5. The van der Waals surface area contributed by atoms with E-state index in [1.54, 1.807) is 11.8 Å². The van der Waals surface area contributed by atoms with Crippen molar-refractivity contribution in [2.24, 2.45) is 0 Å². The van der Waals surface area contributed by atoms with Crippen molar-refractivity contribution in [3.8, 4) is 0 Å². The second-order valence-corrected chi connectivity index (χ2v) is 7.25. The average molecular weight is 381 g/mol. The van der Waals surface area contributed by atoms with Gasteiger partial charge in [0.25, 0.3) is 0 Å². The molecule has 2 rings (SSSR count). The number of amides is 2. The fraction of sp³-hybridized carbons (Fsp3) is 0.417. The molecule has 150 valence electrons. The number of likely N-dealkylation sites (N-methyl/N-ethyl adjacent to an activating group) is 1. The number of hydrogen-bond donors (Lipinski definition) is 1. The van der Waals surface area contributed by atoms with Crippen LogP contribution < -0.4 is 5.32 Å². The van der Waals surface area contributed by atoms with E-state index in [-0.39, 0.29) is 11.8 Å². The number of nitrogens with one attached hydrogen (secondary N) is 1. The molecule has 0 aliphatic rings. The first-order valence-corrected chi connectivity index (χ1v) is 10.1. The van der Waals surface area contributed by atoms with Crippen LogP contribution in [0, 0.1) is 6.92 Å². The van der Waals surface area contributed by atoms with Crippen molar-refractivity contribution in [1.29, 1.82) is 0 Å².